The van der Waals surface area contributed by atoms with Crippen LogP contribution in [0.15, 0.2) is 53.9 Å². The molecule has 1 aliphatic heterocycles. The average molecular weight is 447 g/mol. The third kappa shape index (κ3) is 4.83. The van der Waals surface area contributed by atoms with Crippen molar-refractivity contribution in [3.8, 4) is 17.2 Å². The number of phenols is 1. The number of amides is 1. The van der Waals surface area contributed by atoms with Crippen LogP contribution in [0.5, 0.6) is 17.2 Å². The highest BCUT2D eigenvalue weighted by Gasteiger charge is 2.32. The van der Waals surface area contributed by atoms with Crippen molar-refractivity contribution in [1.82, 2.24) is 9.21 Å². The first kappa shape index (κ1) is 22.6. The minimum atomic E-state index is -3.85. The number of methoxy groups -OCH3 is 1. The van der Waals surface area contributed by atoms with Crippen molar-refractivity contribution < 1.29 is 27.8 Å². The van der Waals surface area contributed by atoms with Crippen LogP contribution in [0.1, 0.15) is 15.9 Å². The molecule has 1 amide bonds. The van der Waals surface area contributed by atoms with Gasteiger partial charge in [-0.15, -0.1) is 0 Å². The van der Waals surface area contributed by atoms with E-state index < -0.39 is 10.0 Å². The predicted octanol–water partition coefficient (Wildman–Crippen LogP) is 2.42. The number of sulfonamides is 1. The van der Waals surface area contributed by atoms with Crippen LogP contribution >= 0.6 is 0 Å². The zero-order chi connectivity index (χ0) is 22.6. The number of carbonyl (C=O) groups excluding carboxylic acids is 1. The van der Waals surface area contributed by atoms with Crippen molar-refractivity contribution in [2.24, 2.45) is 0 Å². The molecule has 166 valence electrons. The van der Waals surface area contributed by atoms with E-state index >= 15 is 0 Å². The van der Waals surface area contributed by atoms with E-state index in [0.717, 1.165) is 5.56 Å². The minimum Gasteiger partial charge on any atom is -0.507 e. The van der Waals surface area contributed by atoms with Crippen LogP contribution in [0.25, 0.3) is 0 Å². The Bertz CT molecular complexity index is 1080. The number of aryl methyl sites for hydroxylation is 1. The number of ether oxygens (including phenoxy) is 2. The van der Waals surface area contributed by atoms with E-state index in [9.17, 15) is 18.3 Å². The number of hydrogen-bond acceptors (Lipinski definition) is 6. The van der Waals surface area contributed by atoms with E-state index in [0.29, 0.717) is 23.7 Å². The van der Waals surface area contributed by atoms with Gasteiger partial charge in [-0.2, -0.15) is 4.31 Å². The fourth-order valence-corrected chi connectivity index (χ4v) is 4.94. The van der Waals surface area contributed by atoms with E-state index in [2.05, 4.69) is 6.58 Å². The van der Waals surface area contributed by atoms with Gasteiger partial charge in [0, 0.05) is 31.7 Å². The van der Waals surface area contributed by atoms with Crippen molar-refractivity contribution in [3.05, 3.63) is 60.2 Å². The van der Waals surface area contributed by atoms with Crippen molar-refractivity contribution in [2.75, 3.05) is 39.9 Å². The SMILES string of the molecule is C=CCOc1ccc(C(=O)N2CCN(S(=O)(=O)c3cc(C)ccc3O)CC2)cc1OC. The van der Waals surface area contributed by atoms with Crippen LogP contribution in [0.2, 0.25) is 0 Å². The van der Waals surface area contributed by atoms with Gasteiger partial charge in [-0.05, 0) is 42.8 Å². The zero-order valence-electron chi connectivity index (χ0n) is 17.6. The van der Waals surface area contributed by atoms with Gasteiger partial charge >= 0.3 is 0 Å². The summed E-state index contributed by atoms with van der Waals surface area (Å²) in [5, 5.41) is 10.0. The van der Waals surface area contributed by atoms with Gasteiger partial charge in [0.25, 0.3) is 5.91 Å². The highest BCUT2D eigenvalue weighted by Crippen LogP contribution is 2.30. The monoisotopic (exact) mass is 446 g/mol. The molecule has 1 aliphatic rings. The molecule has 1 fully saturated rings. The third-order valence-corrected chi connectivity index (χ3v) is 6.95. The summed E-state index contributed by atoms with van der Waals surface area (Å²) in [6, 6.07) is 9.39. The maximum absolute atomic E-state index is 12.9. The molecule has 0 aliphatic carbocycles. The van der Waals surface area contributed by atoms with Crippen LogP contribution in [0, 0.1) is 6.92 Å². The fourth-order valence-electron chi connectivity index (χ4n) is 3.35. The summed E-state index contributed by atoms with van der Waals surface area (Å²) < 4.78 is 38.0. The molecule has 2 aromatic rings. The van der Waals surface area contributed by atoms with Crippen molar-refractivity contribution in [3.63, 3.8) is 0 Å². The van der Waals surface area contributed by atoms with Crippen molar-refractivity contribution >= 4 is 15.9 Å². The number of hydrogen-bond donors (Lipinski definition) is 1. The van der Waals surface area contributed by atoms with Gasteiger partial charge in [-0.3, -0.25) is 4.79 Å². The minimum absolute atomic E-state index is 0.118. The second-order valence-electron chi connectivity index (χ2n) is 7.13. The van der Waals surface area contributed by atoms with E-state index in [1.165, 1.54) is 23.5 Å². The molecule has 0 bridgehead atoms. The number of rotatable bonds is 7. The molecular formula is C22H26N2O6S. The molecule has 0 aromatic heterocycles. The number of nitrogens with zero attached hydrogens (tertiary/aromatic N) is 2. The lowest BCUT2D eigenvalue weighted by Crippen LogP contribution is -2.50. The van der Waals surface area contributed by atoms with E-state index in [1.807, 2.05) is 0 Å². The molecule has 31 heavy (non-hydrogen) atoms. The highest BCUT2D eigenvalue weighted by molar-refractivity contribution is 7.89. The molecule has 0 saturated carbocycles. The lowest BCUT2D eigenvalue weighted by atomic mass is 10.1. The summed E-state index contributed by atoms with van der Waals surface area (Å²) in [5.41, 5.74) is 1.16. The summed E-state index contributed by atoms with van der Waals surface area (Å²) in [5.74, 6) is 0.440. The summed E-state index contributed by atoms with van der Waals surface area (Å²) in [6.07, 6.45) is 1.61. The Morgan fingerprint density at radius 1 is 1.13 bits per heavy atom. The van der Waals surface area contributed by atoms with Crippen LogP contribution in [0.3, 0.4) is 0 Å². The van der Waals surface area contributed by atoms with Crippen molar-refractivity contribution in [1.29, 1.82) is 0 Å². The Labute approximate surface area is 182 Å². The smallest absolute Gasteiger partial charge is 0.254 e. The molecule has 9 heteroatoms. The van der Waals surface area contributed by atoms with E-state index in [-0.39, 0.29) is 42.7 Å². The summed E-state index contributed by atoms with van der Waals surface area (Å²) in [7, 11) is -2.36. The van der Waals surface area contributed by atoms with Crippen molar-refractivity contribution in [2.45, 2.75) is 11.8 Å². The highest BCUT2D eigenvalue weighted by atomic mass is 32.2. The largest absolute Gasteiger partial charge is 0.507 e. The Morgan fingerprint density at radius 3 is 2.48 bits per heavy atom. The van der Waals surface area contributed by atoms with Crippen LogP contribution < -0.4 is 9.47 Å². The summed E-state index contributed by atoms with van der Waals surface area (Å²) in [6.45, 7) is 6.43. The molecule has 2 aromatic carbocycles. The van der Waals surface area contributed by atoms with Gasteiger partial charge in [-0.25, -0.2) is 8.42 Å². The first-order valence-electron chi connectivity index (χ1n) is 9.78. The number of carbonyl (C=O) groups is 1. The van der Waals surface area contributed by atoms with Gasteiger partial charge in [0.1, 0.15) is 17.3 Å². The molecule has 3 rings (SSSR count). The molecule has 0 atom stereocenters. The number of piperazine rings is 1. The Hall–Kier alpha value is -3.04. The molecule has 1 saturated heterocycles. The summed E-state index contributed by atoms with van der Waals surface area (Å²) in [4.78, 5) is 14.4. The average Bonchev–Trinajstić information content (AvgIpc) is 2.78. The molecule has 0 unspecified atom stereocenters. The standard InChI is InChI=1S/C22H26N2O6S/c1-4-13-30-19-8-6-17(15-20(19)29-3)22(26)23-9-11-24(12-10-23)31(27,28)21-14-16(2)5-7-18(21)25/h4-8,14-15,25H,1,9-13H2,2-3H3. The second-order valence-corrected chi connectivity index (χ2v) is 9.04. The molecule has 0 radical (unpaired) electrons. The van der Waals surface area contributed by atoms with E-state index in [4.69, 9.17) is 9.47 Å². The lowest BCUT2D eigenvalue weighted by molar-refractivity contribution is 0.0697. The number of benzene rings is 2. The van der Waals surface area contributed by atoms with Gasteiger partial charge in [0.05, 0.1) is 7.11 Å². The Morgan fingerprint density at radius 2 is 1.84 bits per heavy atom. The van der Waals surface area contributed by atoms with Crippen LogP contribution in [-0.4, -0.2) is 68.5 Å². The second kappa shape index (κ2) is 9.40. The van der Waals surface area contributed by atoms with Crippen LogP contribution in [0.4, 0.5) is 0 Å². The van der Waals surface area contributed by atoms with E-state index in [1.54, 1.807) is 42.2 Å². The summed E-state index contributed by atoms with van der Waals surface area (Å²) >= 11 is 0. The topological polar surface area (TPSA) is 96.4 Å². The molecule has 1 N–H and O–H groups in total. The third-order valence-electron chi connectivity index (χ3n) is 5.03. The quantitative estimate of drug-likeness (QED) is 0.656. The number of phenolic OH excluding ortho intramolecular Hbond substituents is 1. The maximum Gasteiger partial charge on any atom is 0.254 e. The lowest BCUT2D eigenvalue weighted by Gasteiger charge is -2.34. The van der Waals surface area contributed by atoms with Gasteiger partial charge in [-0.1, -0.05) is 18.7 Å². The Kier molecular flexibility index (Phi) is 6.87. The first-order chi connectivity index (χ1) is 14.8. The van der Waals surface area contributed by atoms with Crippen LogP contribution in [-0.2, 0) is 10.0 Å². The first-order valence-corrected chi connectivity index (χ1v) is 11.2. The van der Waals surface area contributed by atoms with Gasteiger partial charge < -0.3 is 19.5 Å². The predicted molar refractivity (Wildman–Crippen MR) is 116 cm³/mol. The van der Waals surface area contributed by atoms with Gasteiger partial charge in [0.15, 0.2) is 11.5 Å². The molecule has 1 heterocycles. The maximum atomic E-state index is 12.9. The fraction of sp³-hybridized carbons (Fsp3) is 0.318. The number of aromatic hydroxyl groups is 1. The normalized spacial score (nSPS) is 14.8. The Balaban J connectivity index is 1.71. The molecule has 8 nitrogen and oxygen atoms in total. The van der Waals surface area contributed by atoms with Gasteiger partial charge in [0.2, 0.25) is 10.0 Å². The molecule has 0 spiro atoms. The molecular weight excluding hydrogens is 420 g/mol. The zero-order valence-corrected chi connectivity index (χ0v) is 18.4.